The number of para-hydroxylation sites is 1. The number of nitrogens with one attached hydrogen (secondary N) is 1. The Balaban J connectivity index is 1.85. The van der Waals surface area contributed by atoms with Gasteiger partial charge in [-0.05, 0) is 25.3 Å². The Bertz CT molecular complexity index is 869. The summed E-state index contributed by atoms with van der Waals surface area (Å²) in [4.78, 5) is 20.7. The van der Waals surface area contributed by atoms with Gasteiger partial charge in [-0.2, -0.15) is 0 Å². The lowest BCUT2D eigenvalue weighted by Gasteiger charge is -2.10. The zero-order valence-corrected chi connectivity index (χ0v) is 15.1. The van der Waals surface area contributed by atoms with Crippen molar-refractivity contribution in [3.63, 3.8) is 0 Å². The summed E-state index contributed by atoms with van der Waals surface area (Å²) < 4.78 is 2.36. The quantitative estimate of drug-likeness (QED) is 0.635. The van der Waals surface area contributed by atoms with E-state index in [1.54, 1.807) is 7.05 Å². The molecule has 0 spiro atoms. The number of rotatable bonds is 8. The molecule has 2 aromatic heterocycles. The molecule has 2 heterocycles. The number of unbranched alkanes of at least 4 members (excludes halogenated alkanes) is 2. The molecule has 0 saturated carbocycles. The van der Waals surface area contributed by atoms with E-state index in [1.165, 1.54) is 10.9 Å². The molecule has 0 atom stereocenters. The molecule has 0 bridgehead atoms. The van der Waals surface area contributed by atoms with Crippen molar-refractivity contribution in [2.45, 2.75) is 52.0 Å². The lowest BCUT2D eigenvalue weighted by Crippen LogP contribution is -2.16. The number of fused-ring (bicyclic) bond motifs is 3. The van der Waals surface area contributed by atoms with E-state index in [1.807, 2.05) is 12.3 Å². The van der Waals surface area contributed by atoms with E-state index < -0.39 is 0 Å². The lowest BCUT2D eigenvalue weighted by atomic mass is 10.1. The second-order valence-electron chi connectivity index (χ2n) is 6.42. The minimum atomic E-state index is 0.122. The van der Waals surface area contributed by atoms with E-state index in [-0.39, 0.29) is 5.91 Å². The first-order chi connectivity index (χ1) is 12.2. The molecule has 25 heavy (non-hydrogen) atoms. The van der Waals surface area contributed by atoms with E-state index >= 15 is 0 Å². The molecule has 0 aliphatic rings. The molecule has 5 heteroatoms. The van der Waals surface area contributed by atoms with Crippen LogP contribution in [0.15, 0.2) is 30.5 Å². The molecule has 0 aliphatic heterocycles. The molecule has 0 fully saturated rings. The van der Waals surface area contributed by atoms with E-state index in [0.29, 0.717) is 6.42 Å². The first-order valence-electron chi connectivity index (χ1n) is 9.18. The van der Waals surface area contributed by atoms with Crippen molar-refractivity contribution in [2.75, 3.05) is 7.05 Å². The van der Waals surface area contributed by atoms with Gasteiger partial charge >= 0.3 is 0 Å². The second-order valence-corrected chi connectivity index (χ2v) is 6.42. The molecular weight excluding hydrogens is 312 g/mol. The Kier molecular flexibility index (Phi) is 5.64. The summed E-state index contributed by atoms with van der Waals surface area (Å²) in [5.74, 6) is 1.26. The summed E-state index contributed by atoms with van der Waals surface area (Å²) in [6.45, 7) is 3.12. The SMILES string of the molecule is CCCc1nc2cnc3ccccc3c2n1CCCCCC(=O)NC. The van der Waals surface area contributed by atoms with Crippen LogP contribution in [0.3, 0.4) is 0 Å². The van der Waals surface area contributed by atoms with Gasteiger partial charge in [0.1, 0.15) is 11.3 Å². The zero-order chi connectivity index (χ0) is 17.6. The third kappa shape index (κ3) is 3.81. The van der Waals surface area contributed by atoms with Crippen LogP contribution in [0, 0.1) is 0 Å². The van der Waals surface area contributed by atoms with Crippen molar-refractivity contribution in [3.05, 3.63) is 36.3 Å². The van der Waals surface area contributed by atoms with Crippen LogP contribution in [-0.4, -0.2) is 27.5 Å². The first-order valence-corrected chi connectivity index (χ1v) is 9.18. The maximum Gasteiger partial charge on any atom is 0.219 e. The predicted octanol–water partition coefficient (Wildman–Crippen LogP) is 3.84. The summed E-state index contributed by atoms with van der Waals surface area (Å²) in [5.41, 5.74) is 3.19. The fourth-order valence-corrected chi connectivity index (χ4v) is 3.32. The number of hydrogen-bond acceptors (Lipinski definition) is 3. The Morgan fingerprint density at radius 2 is 2.00 bits per heavy atom. The van der Waals surface area contributed by atoms with Gasteiger partial charge in [0.25, 0.3) is 0 Å². The average Bonchev–Trinajstić information content (AvgIpc) is 2.99. The standard InChI is InChI=1S/C20H26N4O/c1-3-9-18-23-17-14-22-16-11-7-6-10-15(16)20(17)24(18)13-8-4-5-12-19(25)21-2/h6-7,10-11,14H,3-5,8-9,12-13H2,1-2H3,(H,21,25). The Morgan fingerprint density at radius 1 is 1.16 bits per heavy atom. The van der Waals surface area contributed by atoms with Gasteiger partial charge in [-0.25, -0.2) is 4.98 Å². The number of carbonyl (C=O) groups excluding carboxylic acids is 1. The van der Waals surface area contributed by atoms with Gasteiger partial charge in [0.2, 0.25) is 5.91 Å². The van der Waals surface area contributed by atoms with Gasteiger partial charge in [-0.1, -0.05) is 31.5 Å². The average molecular weight is 338 g/mol. The number of imidazole rings is 1. The van der Waals surface area contributed by atoms with Crippen LogP contribution < -0.4 is 5.32 Å². The van der Waals surface area contributed by atoms with Crippen LogP contribution in [0.4, 0.5) is 0 Å². The molecular formula is C20H26N4O. The highest BCUT2D eigenvalue weighted by molar-refractivity contribution is 6.02. The van der Waals surface area contributed by atoms with Crippen LogP contribution in [0.1, 0.15) is 44.9 Å². The monoisotopic (exact) mass is 338 g/mol. The smallest absolute Gasteiger partial charge is 0.219 e. The van der Waals surface area contributed by atoms with E-state index in [4.69, 9.17) is 4.98 Å². The number of pyridine rings is 1. The van der Waals surface area contributed by atoms with Gasteiger partial charge in [0.05, 0.1) is 17.2 Å². The largest absolute Gasteiger partial charge is 0.359 e. The molecule has 3 rings (SSSR count). The number of hydrogen-bond donors (Lipinski definition) is 1. The summed E-state index contributed by atoms with van der Waals surface area (Å²) in [6, 6.07) is 8.26. The van der Waals surface area contributed by atoms with Crippen molar-refractivity contribution in [2.24, 2.45) is 0 Å². The number of carbonyl (C=O) groups is 1. The van der Waals surface area contributed by atoms with E-state index in [2.05, 4.69) is 40.0 Å². The highest BCUT2D eigenvalue weighted by Gasteiger charge is 2.13. The minimum Gasteiger partial charge on any atom is -0.359 e. The molecule has 3 aromatic rings. The third-order valence-corrected chi connectivity index (χ3v) is 4.60. The second kappa shape index (κ2) is 8.10. The number of benzene rings is 1. The number of aryl methyl sites for hydroxylation is 2. The van der Waals surface area contributed by atoms with Crippen molar-refractivity contribution in [3.8, 4) is 0 Å². The van der Waals surface area contributed by atoms with Crippen LogP contribution in [0.5, 0.6) is 0 Å². The number of amides is 1. The Morgan fingerprint density at radius 3 is 2.80 bits per heavy atom. The molecule has 1 N–H and O–H groups in total. The topological polar surface area (TPSA) is 59.8 Å². The maximum atomic E-state index is 11.3. The Hall–Kier alpha value is -2.43. The van der Waals surface area contributed by atoms with Crippen molar-refractivity contribution >= 4 is 27.8 Å². The third-order valence-electron chi connectivity index (χ3n) is 4.60. The molecule has 5 nitrogen and oxygen atoms in total. The fraction of sp³-hybridized carbons (Fsp3) is 0.450. The first kappa shape index (κ1) is 17.4. The molecule has 0 aliphatic carbocycles. The predicted molar refractivity (Wildman–Crippen MR) is 102 cm³/mol. The van der Waals surface area contributed by atoms with Gasteiger partial charge in [0, 0.05) is 31.8 Å². The maximum absolute atomic E-state index is 11.3. The highest BCUT2D eigenvalue weighted by atomic mass is 16.1. The van der Waals surface area contributed by atoms with Crippen LogP contribution in [0.25, 0.3) is 21.9 Å². The molecule has 0 radical (unpaired) electrons. The van der Waals surface area contributed by atoms with Crippen LogP contribution in [-0.2, 0) is 17.8 Å². The van der Waals surface area contributed by atoms with Gasteiger partial charge in [0.15, 0.2) is 0 Å². The Labute approximate surface area is 148 Å². The van der Waals surface area contributed by atoms with Crippen molar-refractivity contribution in [1.82, 2.24) is 19.9 Å². The van der Waals surface area contributed by atoms with Crippen LogP contribution in [0.2, 0.25) is 0 Å². The van der Waals surface area contributed by atoms with Crippen molar-refractivity contribution in [1.29, 1.82) is 0 Å². The zero-order valence-electron chi connectivity index (χ0n) is 15.1. The number of nitrogens with zero attached hydrogens (tertiary/aromatic N) is 3. The highest BCUT2D eigenvalue weighted by Crippen LogP contribution is 2.25. The summed E-state index contributed by atoms with van der Waals surface area (Å²) in [5, 5.41) is 3.85. The van der Waals surface area contributed by atoms with E-state index in [9.17, 15) is 4.79 Å². The van der Waals surface area contributed by atoms with Crippen LogP contribution >= 0.6 is 0 Å². The molecule has 132 valence electrons. The van der Waals surface area contributed by atoms with Gasteiger partial charge < -0.3 is 9.88 Å². The summed E-state index contributed by atoms with van der Waals surface area (Å²) in [6.07, 6.45) is 7.57. The van der Waals surface area contributed by atoms with Gasteiger partial charge in [-0.15, -0.1) is 0 Å². The normalized spacial score (nSPS) is 11.3. The lowest BCUT2D eigenvalue weighted by molar-refractivity contribution is -0.120. The summed E-state index contributed by atoms with van der Waals surface area (Å²) >= 11 is 0. The van der Waals surface area contributed by atoms with Crippen molar-refractivity contribution < 1.29 is 4.79 Å². The molecule has 0 unspecified atom stereocenters. The molecule has 0 saturated heterocycles. The number of aromatic nitrogens is 3. The van der Waals surface area contributed by atoms with Gasteiger partial charge in [-0.3, -0.25) is 9.78 Å². The minimum absolute atomic E-state index is 0.122. The van der Waals surface area contributed by atoms with E-state index in [0.717, 1.165) is 55.5 Å². The fourth-order valence-electron chi connectivity index (χ4n) is 3.32. The summed E-state index contributed by atoms with van der Waals surface area (Å²) in [7, 11) is 1.69. The molecule has 1 amide bonds. The molecule has 1 aromatic carbocycles.